The van der Waals surface area contributed by atoms with Gasteiger partial charge in [-0.3, -0.25) is 0 Å². The van der Waals surface area contributed by atoms with Crippen molar-refractivity contribution < 1.29 is 0 Å². The van der Waals surface area contributed by atoms with E-state index in [4.69, 9.17) is 17.3 Å². The largest absolute Gasteiger partial charge is 0.330 e. The summed E-state index contributed by atoms with van der Waals surface area (Å²) in [4.78, 5) is 8.23. The van der Waals surface area contributed by atoms with Crippen LogP contribution in [0.2, 0.25) is 5.15 Å². The summed E-state index contributed by atoms with van der Waals surface area (Å²) in [6.45, 7) is 2.57. The van der Waals surface area contributed by atoms with Crippen LogP contribution < -0.4 is 5.73 Å². The third-order valence-electron chi connectivity index (χ3n) is 1.59. The fourth-order valence-corrected chi connectivity index (χ4v) is 1.15. The molecule has 1 aromatic heterocycles. The standard InChI is InChI=1S/C8H12ClN3/c1-2-7-11-5-6(3-4-10)8(9)12-7/h5H,2-4,10H2,1H3. The number of aryl methyl sites for hydroxylation is 1. The molecule has 1 rings (SSSR count). The van der Waals surface area contributed by atoms with E-state index >= 15 is 0 Å². The van der Waals surface area contributed by atoms with Crippen LogP contribution in [0.4, 0.5) is 0 Å². The molecule has 4 heteroatoms. The van der Waals surface area contributed by atoms with Crippen molar-refractivity contribution in [2.75, 3.05) is 6.54 Å². The summed E-state index contributed by atoms with van der Waals surface area (Å²) < 4.78 is 0. The number of rotatable bonds is 3. The van der Waals surface area contributed by atoms with Gasteiger partial charge in [-0.1, -0.05) is 18.5 Å². The molecule has 1 heterocycles. The Morgan fingerprint density at radius 2 is 2.33 bits per heavy atom. The van der Waals surface area contributed by atoms with Crippen molar-refractivity contribution in [2.45, 2.75) is 19.8 Å². The summed E-state index contributed by atoms with van der Waals surface area (Å²) in [5.41, 5.74) is 6.31. The van der Waals surface area contributed by atoms with E-state index in [0.717, 1.165) is 24.2 Å². The van der Waals surface area contributed by atoms with Gasteiger partial charge in [0.15, 0.2) is 0 Å². The number of hydrogen-bond acceptors (Lipinski definition) is 3. The van der Waals surface area contributed by atoms with Gasteiger partial charge in [0.1, 0.15) is 11.0 Å². The molecule has 0 unspecified atom stereocenters. The van der Waals surface area contributed by atoms with Crippen LogP contribution >= 0.6 is 11.6 Å². The first kappa shape index (κ1) is 9.42. The molecule has 1 aromatic rings. The molecule has 0 fully saturated rings. The quantitative estimate of drug-likeness (QED) is 0.720. The van der Waals surface area contributed by atoms with E-state index in [2.05, 4.69) is 9.97 Å². The van der Waals surface area contributed by atoms with E-state index in [9.17, 15) is 0 Å². The molecule has 0 aliphatic rings. The smallest absolute Gasteiger partial charge is 0.135 e. The zero-order valence-electron chi connectivity index (χ0n) is 7.05. The lowest BCUT2D eigenvalue weighted by molar-refractivity contribution is 0.889. The second kappa shape index (κ2) is 4.38. The van der Waals surface area contributed by atoms with E-state index < -0.39 is 0 Å². The number of nitrogens with zero attached hydrogens (tertiary/aromatic N) is 2. The van der Waals surface area contributed by atoms with Crippen LogP contribution in [0.3, 0.4) is 0 Å². The lowest BCUT2D eigenvalue weighted by atomic mass is 10.2. The Balaban J connectivity index is 2.87. The summed E-state index contributed by atoms with van der Waals surface area (Å²) in [7, 11) is 0. The maximum Gasteiger partial charge on any atom is 0.135 e. The van der Waals surface area contributed by atoms with Crippen molar-refractivity contribution >= 4 is 11.6 Å². The fourth-order valence-electron chi connectivity index (χ4n) is 0.913. The van der Waals surface area contributed by atoms with Gasteiger partial charge in [0, 0.05) is 18.2 Å². The van der Waals surface area contributed by atoms with Gasteiger partial charge in [-0.05, 0) is 13.0 Å². The number of halogens is 1. The molecule has 66 valence electrons. The van der Waals surface area contributed by atoms with Crippen LogP contribution in [0.1, 0.15) is 18.3 Å². The first-order valence-corrected chi connectivity index (χ1v) is 4.36. The summed E-state index contributed by atoms with van der Waals surface area (Å²) in [6.07, 6.45) is 3.30. The molecular formula is C8H12ClN3. The van der Waals surface area contributed by atoms with Gasteiger partial charge in [-0.25, -0.2) is 9.97 Å². The van der Waals surface area contributed by atoms with Crippen LogP contribution in [0.5, 0.6) is 0 Å². The normalized spacial score (nSPS) is 10.2. The predicted molar refractivity (Wildman–Crippen MR) is 49.2 cm³/mol. The van der Waals surface area contributed by atoms with E-state index in [1.807, 2.05) is 6.92 Å². The molecule has 0 amide bonds. The highest BCUT2D eigenvalue weighted by atomic mass is 35.5. The molecule has 3 nitrogen and oxygen atoms in total. The molecule has 0 saturated heterocycles. The lowest BCUT2D eigenvalue weighted by Crippen LogP contribution is -2.05. The van der Waals surface area contributed by atoms with Crippen molar-refractivity contribution in [1.29, 1.82) is 0 Å². The maximum absolute atomic E-state index is 5.88. The minimum Gasteiger partial charge on any atom is -0.330 e. The van der Waals surface area contributed by atoms with Crippen molar-refractivity contribution in [2.24, 2.45) is 5.73 Å². The zero-order valence-corrected chi connectivity index (χ0v) is 7.80. The molecule has 0 atom stereocenters. The number of aromatic nitrogens is 2. The monoisotopic (exact) mass is 185 g/mol. The Hall–Kier alpha value is -0.670. The summed E-state index contributed by atoms with van der Waals surface area (Å²) >= 11 is 5.88. The second-order valence-corrected chi connectivity index (χ2v) is 2.85. The highest BCUT2D eigenvalue weighted by molar-refractivity contribution is 6.30. The fraction of sp³-hybridized carbons (Fsp3) is 0.500. The molecule has 0 saturated carbocycles. The van der Waals surface area contributed by atoms with Crippen LogP contribution in [0.15, 0.2) is 6.20 Å². The minimum atomic E-state index is 0.535. The maximum atomic E-state index is 5.88. The molecule has 2 N–H and O–H groups in total. The Bertz CT molecular complexity index is 262. The molecule has 0 aliphatic heterocycles. The van der Waals surface area contributed by atoms with Gasteiger partial charge in [0.25, 0.3) is 0 Å². The highest BCUT2D eigenvalue weighted by Crippen LogP contribution is 2.11. The van der Waals surface area contributed by atoms with E-state index in [-0.39, 0.29) is 0 Å². The first-order valence-electron chi connectivity index (χ1n) is 3.98. The average Bonchev–Trinajstić information content (AvgIpc) is 2.09. The van der Waals surface area contributed by atoms with E-state index in [1.54, 1.807) is 6.20 Å². The minimum absolute atomic E-state index is 0.535. The second-order valence-electron chi connectivity index (χ2n) is 2.49. The first-order chi connectivity index (χ1) is 5.77. The van der Waals surface area contributed by atoms with Gasteiger partial charge in [-0.15, -0.1) is 0 Å². The Morgan fingerprint density at radius 1 is 1.58 bits per heavy atom. The summed E-state index contributed by atoms with van der Waals surface area (Å²) in [6, 6.07) is 0. The average molecular weight is 186 g/mol. The third kappa shape index (κ3) is 2.16. The van der Waals surface area contributed by atoms with Gasteiger partial charge in [0.05, 0.1) is 0 Å². The summed E-state index contributed by atoms with van der Waals surface area (Å²) in [5.74, 6) is 0.778. The van der Waals surface area contributed by atoms with Crippen LogP contribution in [0.25, 0.3) is 0 Å². The van der Waals surface area contributed by atoms with E-state index in [0.29, 0.717) is 11.7 Å². The molecule has 0 aliphatic carbocycles. The van der Waals surface area contributed by atoms with Crippen molar-refractivity contribution in [3.63, 3.8) is 0 Å². The van der Waals surface area contributed by atoms with Gasteiger partial charge >= 0.3 is 0 Å². The van der Waals surface area contributed by atoms with Crippen molar-refractivity contribution in [1.82, 2.24) is 9.97 Å². The van der Waals surface area contributed by atoms with E-state index in [1.165, 1.54) is 0 Å². The van der Waals surface area contributed by atoms with Crippen molar-refractivity contribution in [3.8, 4) is 0 Å². The molecular weight excluding hydrogens is 174 g/mol. The molecule has 0 bridgehead atoms. The SMILES string of the molecule is CCc1ncc(CCN)c(Cl)n1. The van der Waals surface area contributed by atoms with Crippen LogP contribution in [-0.2, 0) is 12.8 Å². The Kier molecular flexibility index (Phi) is 3.44. The molecule has 0 spiro atoms. The molecule has 0 radical (unpaired) electrons. The number of nitrogens with two attached hydrogens (primary N) is 1. The Labute approximate surface area is 77.0 Å². The van der Waals surface area contributed by atoms with Crippen molar-refractivity contribution in [3.05, 3.63) is 22.7 Å². The zero-order chi connectivity index (χ0) is 8.97. The summed E-state index contributed by atoms with van der Waals surface area (Å²) in [5, 5.41) is 0.535. The van der Waals surface area contributed by atoms with Crippen LogP contribution in [0, 0.1) is 0 Å². The van der Waals surface area contributed by atoms with Gasteiger partial charge in [-0.2, -0.15) is 0 Å². The third-order valence-corrected chi connectivity index (χ3v) is 1.92. The highest BCUT2D eigenvalue weighted by Gasteiger charge is 2.02. The topological polar surface area (TPSA) is 51.8 Å². The number of hydrogen-bond donors (Lipinski definition) is 1. The van der Waals surface area contributed by atoms with Crippen LogP contribution in [-0.4, -0.2) is 16.5 Å². The Morgan fingerprint density at radius 3 is 2.83 bits per heavy atom. The predicted octanol–water partition coefficient (Wildman–Crippen LogP) is 1.19. The lowest BCUT2D eigenvalue weighted by Gasteiger charge is -2.01. The molecule has 0 aromatic carbocycles. The van der Waals surface area contributed by atoms with Gasteiger partial charge in [0.2, 0.25) is 0 Å². The van der Waals surface area contributed by atoms with Gasteiger partial charge < -0.3 is 5.73 Å². The molecule has 12 heavy (non-hydrogen) atoms.